The Labute approximate surface area is 652 Å². The number of aliphatic hydroxyl groups is 1. The summed E-state index contributed by atoms with van der Waals surface area (Å²) < 4.78 is 9.51. The van der Waals surface area contributed by atoms with Crippen LogP contribution in [-0.4, -0.2) is 42.4 Å². The second-order valence-corrected chi connectivity index (χ2v) is 38.3. The molecule has 0 saturated carbocycles. The summed E-state index contributed by atoms with van der Waals surface area (Å²) in [6, 6.07) is 60.5. The molecule has 6 nitrogen and oxygen atoms in total. The largest absolute Gasteiger partial charge is 0.582 e. The molecule has 0 bridgehead atoms. The number of ether oxygens (including phenoxy) is 1. The predicted molar refractivity (Wildman–Crippen MR) is 451 cm³/mol. The van der Waals surface area contributed by atoms with Crippen molar-refractivity contribution >= 4 is 66.3 Å². The van der Waals surface area contributed by atoms with Crippen molar-refractivity contribution in [3.63, 3.8) is 0 Å². The summed E-state index contributed by atoms with van der Waals surface area (Å²) in [6.45, 7) is 61.0. The summed E-state index contributed by atoms with van der Waals surface area (Å²) in [6.07, 6.45) is 3.84. The number of nitrogens with zero attached hydrogens (tertiary/aromatic N) is 2. The molecular formula is C95H120N2O4S2Zr. The maximum atomic E-state index is 12.2. The van der Waals surface area contributed by atoms with Crippen molar-refractivity contribution in [3.8, 4) is 49.5 Å². The summed E-state index contributed by atoms with van der Waals surface area (Å²) in [7, 11) is 0. The van der Waals surface area contributed by atoms with Crippen LogP contribution in [0.2, 0.25) is 0 Å². The number of aromatic nitrogens is 2. The van der Waals surface area contributed by atoms with E-state index in [1.807, 2.05) is 60.7 Å². The van der Waals surface area contributed by atoms with Crippen molar-refractivity contribution in [2.45, 2.75) is 217 Å². The topological polar surface area (TPSA) is 86.0 Å². The smallest absolute Gasteiger partial charge is 0.263 e. The molecule has 12 rings (SSSR count). The Bertz CT molecular complexity index is 4720. The van der Waals surface area contributed by atoms with E-state index in [2.05, 4.69) is 302 Å². The van der Waals surface area contributed by atoms with Gasteiger partial charge < -0.3 is 29.2 Å². The zero-order chi connectivity index (χ0) is 75.7. The van der Waals surface area contributed by atoms with Gasteiger partial charge in [0.1, 0.15) is 6.61 Å². The van der Waals surface area contributed by atoms with Gasteiger partial charge in [0, 0.05) is 77.4 Å². The number of fused-ring (bicyclic) bond motifs is 6. The van der Waals surface area contributed by atoms with Gasteiger partial charge in [0.2, 0.25) is 0 Å². The predicted octanol–water partition coefficient (Wildman–Crippen LogP) is 26.8. The fraction of sp³-hybridized carbons (Fsp3) is 0.389. The molecule has 0 radical (unpaired) electrons. The van der Waals surface area contributed by atoms with Crippen LogP contribution in [-0.2, 0) is 58.7 Å². The minimum absolute atomic E-state index is 0. The van der Waals surface area contributed by atoms with Crippen LogP contribution in [0.3, 0.4) is 0 Å². The van der Waals surface area contributed by atoms with Gasteiger partial charge >= 0.3 is 0 Å². The fourth-order valence-electron chi connectivity index (χ4n) is 14.6. The molecule has 8 aromatic carbocycles. The van der Waals surface area contributed by atoms with Gasteiger partial charge in [-0.25, -0.2) is 0 Å². The Balaban J connectivity index is 0.000000220. The Hall–Kier alpha value is -7.26. The molecule has 9 heteroatoms. The minimum atomic E-state index is -0.0468. The molecule has 12 aromatic rings. The van der Waals surface area contributed by atoms with Crippen molar-refractivity contribution < 1.29 is 46.3 Å². The molecule has 0 amide bonds. The Morgan fingerprint density at radius 2 is 0.712 bits per heavy atom. The van der Waals surface area contributed by atoms with Crippen LogP contribution >= 0.6 is 22.7 Å². The molecular weight excluding hydrogens is 1390 g/mol. The first-order chi connectivity index (χ1) is 47.9. The molecule has 0 aliphatic heterocycles. The third-order valence-corrected chi connectivity index (χ3v) is 21.7. The summed E-state index contributed by atoms with van der Waals surface area (Å²) in [5, 5.41) is 40.8. The monoisotopic (exact) mass is 1510 g/mol. The van der Waals surface area contributed by atoms with Gasteiger partial charge in [-0.15, -0.1) is 46.9 Å². The van der Waals surface area contributed by atoms with Gasteiger partial charge in [0.25, 0.3) is 5.75 Å². The average Bonchev–Trinajstić information content (AvgIpc) is 1.58. The third-order valence-electron chi connectivity index (χ3n) is 19.8. The first kappa shape index (κ1) is 82.4. The zero-order valence-electron chi connectivity index (χ0n) is 67.0. The Morgan fingerprint density at radius 3 is 1.02 bits per heavy atom. The molecule has 550 valence electrons. The first-order valence-electron chi connectivity index (χ1n) is 37.0. The minimum Gasteiger partial charge on any atom is -0.582 e. The molecule has 0 spiro atoms. The number of aromatic hydroxyl groups is 3. The van der Waals surface area contributed by atoms with E-state index in [-0.39, 0.29) is 69.5 Å². The number of benzene rings is 8. The summed E-state index contributed by atoms with van der Waals surface area (Å²) >= 11 is 3.22. The second-order valence-electron chi connectivity index (χ2n) is 36.5. The van der Waals surface area contributed by atoms with Crippen molar-refractivity contribution in [1.82, 2.24) is 9.13 Å². The van der Waals surface area contributed by atoms with E-state index in [0.29, 0.717) is 24.7 Å². The second kappa shape index (κ2) is 32.1. The number of hydrogen-bond acceptors (Lipinski definition) is 4. The Kier molecular flexibility index (Phi) is 25.4. The van der Waals surface area contributed by atoms with Crippen LogP contribution in [0.15, 0.2) is 181 Å². The van der Waals surface area contributed by atoms with Crippen molar-refractivity contribution in [2.24, 2.45) is 10.8 Å². The van der Waals surface area contributed by atoms with E-state index in [0.717, 1.165) is 96.9 Å². The molecule has 4 aromatic heterocycles. The van der Waals surface area contributed by atoms with Gasteiger partial charge in [-0.05, 0) is 174 Å². The van der Waals surface area contributed by atoms with Crippen molar-refractivity contribution in [2.75, 3.05) is 13.2 Å². The zero-order valence-corrected chi connectivity index (χ0v) is 71.1. The van der Waals surface area contributed by atoms with E-state index < -0.39 is 0 Å². The number of unbranched alkanes of at least 4 members (excludes halogenated alkanes) is 1. The van der Waals surface area contributed by atoms with Gasteiger partial charge in [0.15, 0.2) is 18.1 Å². The van der Waals surface area contributed by atoms with Crippen LogP contribution in [0.25, 0.3) is 75.9 Å². The maximum Gasteiger partial charge on any atom is 0.263 e. The molecule has 4 heterocycles. The number of rotatable bonds is 13. The first-order valence-corrected chi connectivity index (χ1v) is 38.8. The van der Waals surface area contributed by atoms with E-state index in [1.165, 1.54) is 60.5 Å². The Morgan fingerprint density at radius 1 is 0.394 bits per heavy atom. The standard InChI is InChI=1S/C42H55NO3S.C39H49NOS.2C7H7.Zr/c1-39(2,3)26-42(10,11)29-16-19-36(46-21-13-12-20-44)32(24-29)38-37(45)35(25-47-38)43-33-17-14-27(40(4,5)6)22-30(33)31-23-28(41(7,8)9)15-18-34(31)43;1-24-13-14-27(39(11,12)23-36(2,3)4)21-28(24)35-34(41)33(22-42-35)40-31-17-15-25(37(5,6)7)19-29(31)30-20-26(38(8,9)10)16-18-32(30)40;2*1-7-5-3-2-4-6-7;/h14-19,22-25,44-45H,12-13,20-21,26H2,1-11H3;13-22,41H,23H2,1-12H3;2*2-6H,1H2;/q;;2*-1;/p+2. The summed E-state index contributed by atoms with van der Waals surface area (Å²) in [5.41, 5.74) is 19.8. The average molecular weight is 1510 g/mol. The maximum absolute atomic E-state index is 12.2. The summed E-state index contributed by atoms with van der Waals surface area (Å²) in [4.78, 5) is 1.78. The van der Waals surface area contributed by atoms with E-state index >= 15 is 0 Å². The van der Waals surface area contributed by atoms with Crippen molar-refractivity contribution in [1.29, 1.82) is 0 Å². The molecule has 0 aliphatic carbocycles. The molecule has 0 aliphatic rings. The van der Waals surface area contributed by atoms with Crippen LogP contribution in [0.4, 0.5) is 0 Å². The summed E-state index contributed by atoms with van der Waals surface area (Å²) in [5.74, 6) is 1.55. The van der Waals surface area contributed by atoms with E-state index in [9.17, 15) is 10.2 Å². The molecule has 104 heavy (non-hydrogen) atoms. The third kappa shape index (κ3) is 19.5. The van der Waals surface area contributed by atoms with Crippen LogP contribution in [0.1, 0.15) is 228 Å². The van der Waals surface area contributed by atoms with E-state index in [1.54, 1.807) is 22.7 Å². The van der Waals surface area contributed by atoms with Gasteiger partial charge in [0.05, 0.1) is 48.8 Å². The van der Waals surface area contributed by atoms with Crippen LogP contribution in [0, 0.1) is 31.6 Å². The molecule has 0 fully saturated rings. The van der Waals surface area contributed by atoms with Crippen LogP contribution in [0.5, 0.6) is 17.2 Å². The molecule has 0 saturated heterocycles. The van der Waals surface area contributed by atoms with Gasteiger partial charge in [-0.2, -0.15) is 49.2 Å². The SMILES string of the molecule is CC(C)(C)CC(C)(C)c1ccc([OH+]CCCC[OH2+])c(-c2scc(-n3c4ccc(C(C)(C)C)cc4c4cc(C(C)(C)C)ccc43)c2O)c1.Cc1ccc(C(C)(C)CC(C)(C)C)cc1-c1scc(-n2c3ccc(C(C)(C)C)cc3c3cc(C(C)(C)C)ccc32)c1O.[CH2-]c1ccccc1.[CH2-]c1ccccc1.[Zr]. The molecule has 0 unspecified atom stereocenters. The fourth-order valence-corrected chi connectivity index (χ4v) is 16.6. The van der Waals surface area contributed by atoms with Crippen LogP contribution < -0.4 is 0 Å². The molecule has 0 atom stereocenters. The van der Waals surface area contributed by atoms with E-state index in [4.69, 9.17) is 9.84 Å². The quantitative estimate of drug-likeness (QED) is 0.0685. The number of hydrogen-bond donors (Lipinski definition) is 2. The van der Waals surface area contributed by atoms with Crippen molar-refractivity contribution in [3.05, 3.63) is 245 Å². The normalized spacial score (nSPS) is 12.5. The number of aryl methyl sites for hydroxylation is 1. The van der Waals surface area contributed by atoms with Gasteiger partial charge in [-0.3, -0.25) is 0 Å². The number of thiophene rings is 2. The van der Waals surface area contributed by atoms with Gasteiger partial charge in [-0.1, -0.05) is 201 Å². The molecule has 5 N–H and O–H groups in total.